The molecule has 0 saturated carbocycles. The summed E-state index contributed by atoms with van der Waals surface area (Å²) in [5.74, 6) is 1.15. The van der Waals surface area contributed by atoms with Gasteiger partial charge in [0.25, 0.3) is 0 Å². The first-order chi connectivity index (χ1) is 18.4. The summed E-state index contributed by atoms with van der Waals surface area (Å²) in [6.07, 6.45) is 5.83. The molecule has 0 amide bonds. The third-order valence-electron chi connectivity index (χ3n) is 5.52. The molecule has 2 aromatic heterocycles. The Morgan fingerprint density at radius 1 is 0.900 bits per heavy atom. The summed E-state index contributed by atoms with van der Waals surface area (Å²) in [4.78, 5) is 0. The zero-order chi connectivity index (χ0) is 30.2. The average molecular weight is 622 g/mol. The number of aryl methyl sites for hydroxylation is 3. The number of fused-ring (bicyclic) bond motifs is 2. The Balaban J connectivity index is 0.000000192. The number of hydrogen-bond donors (Lipinski definition) is 0. The number of halogens is 6. The van der Waals surface area contributed by atoms with Crippen LogP contribution in [-0.2, 0) is 30.5 Å². The number of nitrogens with zero attached hydrogens (tertiary/aromatic N) is 3. The van der Waals surface area contributed by atoms with E-state index < -0.39 is 7.81 Å². The summed E-state index contributed by atoms with van der Waals surface area (Å²) in [5.41, 5.74) is 5.35. The predicted octanol–water partition coefficient (Wildman–Crippen LogP) is 9.38. The average Bonchev–Trinajstić information content (AvgIpc) is 3.39. The van der Waals surface area contributed by atoms with Crippen molar-refractivity contribution in [3.05, 3.63) is 108 Å². The molecular weight excluding hydrogens is 587 g/mol. The van der Waals surface area contributed by atoms with Gasteiger partial charge in [-0.3, -0.25) is 0 Å². The molecule has 3 heterocycles. The maximum absolute atomic E-state index is 10.7. The van der Waals surface area contributed by atoms with E-state index in [1.807, 2.05) is 53.6 Å². The van der Waals surface area contributed by atoms with E-state index in [-0.39, 0.29) is 10.7 Å². The second-order valence-electron chi connectivity index (χ2n) is 8.64. The summed E-state index contributed by atoms with van der Waals surface area (Å²) >= 11 is 1.84. The molecule has 1 atom stereocenters. The summed E-state index contributed by atoms with van der Waals surface area (Å²) in [7, 11) is -6.33. The molecule has 0 saturated heterocycles. The van der Waals surface area contributed by atoms with E-state index >= 15 is 0 Å². The SMILES string of the molecule is C=CS1=[N+](CC)c2ccccc2C1.C=Cc1cc[n+](C)cc1.Cc1sc2ccccc2[n+]1C.F[P-](F)(F)(F)(F)F. The van der Waals surface area contributed by atoms with Crippen LogP contribution in [0.4, 0.5) is 30.9 Å². The van der Waals surface area contributed by atoms with Gasteiger partial charge in [0.1, 0.15) is 18.8 Å². The van der Waals surface area contributed by atoms with Crippen LogP contribution in [0.1, 0.15) is 23.1 Å². The summed E-state index contributed by atoms with van der Waals surface area (Å²) in [6, 6.07) is 21.2. The van der Waals surface area contributed by atoms with Crippen LogP contribution in [0, 0.1) is 6.92 Å². The normalized spacial score (nSPS) is 15.6. The van der Waals surface area contributed by atoms with Crippen LogP contribution in [0.25, 0.3) is 16.3 Å². The Hall–Kier alpha value is -2.88. The number of pyridine rings is 1. The van der Waals surface area contributed by atoms with Crippen molar-refractivity contribution >= 4 is 51.8 Å². The van der Waals surface area contributed by atoms with Crippen LogP contribution in [0.2, 0.25) is 0 Å². The van der Waals surface area contributed by atoms with Gasteiger partial charge in [0, 0.05) is 42.2 Å². The van der Waals surface area contributed by atoms with Crippen molar-refractivity contribution in [1.82, 2.24) is 0 Å². The quantitative estimate of drug-likeness (QED) is 0.123. The van der Waals surface area contributed by atoms with Crippen molar-refractivity contribution in [2.45, 2.75) is 19.6 Å². The Kier molecular flexibility index (Phi) is 10.6. The van der Waals surface area contributed by atoms with Gasteiger partial charge in [-0.05, 0) is 18.6 Å². The van der Waals surface area contributed by atoms with E-state index in [0.717, 1.165) is 17.9 Å². The number of thiazole rings is 1. The van der Waals surface area contributed by atoms with Crippen LogP contribution in [0.5, 0.6) is 0 Å². The van der Waals surface area contributed by atoms with Crippen molar-refractivity contribution in [3.8, 4) is 0 Å². The maximum atomic E-state index is 9.87. The molecule has 1 aliphatic rings. The first-order valence-corrected chi connectivity index (χ1v) is 16.4. The molecule has 5 rings (SSSR count). The molecule has 0 radical (unpaired) electrons. The van der Waals surface area contributed by atoms with Gasteiger partial charge in [-0.25, -0.2) is 4.57 Å². The van der Waals surface area contributed by atoms with Gasteiger partial charge in [-0.2, -0.15) is 8.51 Å². The zero-order valence-corrected chi connectivity index (χ0v) is 25.3. The monoisotopic (exact) mass is 621 g/mol. The molecule has 3 nitrogen and oxygen atoms in total. The van der Waals surface area contributed by atoms with Crippen molar-refractivity contribution in [2.75, 3.05) is 6.54 Å². The Labute approximate surface area is 237 Å². The van der Waals surface area contributed by atoms with Gasteiger partial charge in [-0.1, -0.05) is 60.9 Å². The summed E-state index contributed by atoms with van der Waals surface area (Å²) < 4.78 is 67.2. The molecule has 0 aliphatic carbocycles. The zero-order valence-electron chi connectivity index (χ0n) is 22.8. The number of rotatable bonds is 3. The van der Waals surface area contributed by atoms with Gasteiger partial charge in [0.15, 0.2) is 18.9 Å². The van der Waals surface area contributed by atoms with Gasteiger partial charge in [0.05, 0.1) is 16.4 Å². The summed E-state index contributed by atoms with van der Waals surface area (Å²) in [6.45, 7) is 13.0. The van der Waals surface area contributed by atoms with Crippen LogP contribution < -0.4 is 9.13 Å². The first-order valence-electron chi connectivity index (χ1n) is 12.1. The topological polar surface area (TPSA) is 10.8 Å². The molecule has 4 aromatic rings. The Morgan fingerprint density at radius 2 is 1.45 bits per heavy atom. The number of benzene rings is 2. The molecule has 1 unspecified atom stereocenters. The molecule has 1 aliphatic heterocycles. The van der Waals surface area contributed by atoms with E-state index in [2.05, 4.69) is 96.5 Å². The van der Waals surface area contributed by atoms with Gasteiger partial charge >= 0.3 is 33.0 Å². The van der Waals surface area contributed by atoms with Gasteiger partial charge in [0.2, 0.25) is 16.2 Å². The molecule has 12 heteroatoms. The fourth-order valence-corrected chi connectivity index (χ4v) is 6.38. The standard InChI is InChI=1S/C11H14NS.C9H10NS.C8H10N.F6P/c1-3-12-11-8-6-5-7-10(11)9-13(12)4-2;1-7-10(2)8-5-3-4-6-9(8)11-7;1-3-8-4-6-9(2)7-5-8;1-7(2,3,4,5)6/h4-8H,2-3,9H2,1H3;3-6H,1-2H3;3-7H,1H2,2H3;/q3*+1;-1. The molecule has 218 valence electrons. The van der Waals surface area contributed by atoms with E-state index in [1.165, 1.54) is 26.5 Å². The molecule has 0 bridgehead atoms. The predicted molar refractivity (Wildman–Crippen MR) is 157 cm³/mol. The minimum absolute atomic E-state index is 0.229. The number of hydrogen-bond acceptors (Lipinski definition) is 1. The van der Waals surface area contributed by atoms with Crippen LogP contribution in [0.15, 0.2) is 91.6 Å². The van der Waals surface area contributed by atoms with Gasteiger partial charge in [-0.15, -0.1) is 0 Å². The van der Waals surface area contributed by atoms with Crippen molar-refractivity contribution in [1.29, 1.82) is 0 Å². The molecule has 2 aromatic carbocycles. The van der Waals surface area contributed by atoms with E-state index in [9.17, 15) is 25.2 Å². The van der Waals surface area contributed by atoms with E-state index in [1.54, 1.807) is 0 Å². The third-order valence-corrected chi connectivity index (χ3v) is 8.67. The first kappa shape index (κ1) is 33.3. The number of aromatic nitrogens is 2. The van der Waals surface area contributed by atoms with Crippen LogP contribution >= 0.6 is 19.1 Å². The molecule has 0 fully saturated rings. The Morgan fingerprint density at radius 3 is 1.98 bits per heavy atom. The van der Waals surface area contributed by atoms with Crippen LogP contribution in [0.3, 0.4) is 0 Å². The fraction of sp³-hybridized carbons (Fsp3) is 0.214. The minimum atomic E-state index is -10.7. The van der Waals surface area contributed by atoms with Crippen molar-refractivity contribution < 1.29 is 38.3 Å². The number of para-hydroxylation sites is 2. The molecule has 40 heavy (non-hydrogen) atoms. The Bertz CT molecular complexity index is 1500. The van der Waals surface area contributed by atoms with Crippen molar-refractivity contribution in [2.24, 2.45) is 14.1 Å². The van der Waals surface area contributed by atoms with E-state index in [0.29, 0.717) is 0 Å². The van der Waals surface area contributed by atoms with Gasteiger partial charge < -0.3 is 0 Å². The summed E-state index contributed by atoms with van der Waals surface area (Å²) in [5, 5.41) is 3.43. The van der Waals surface area contributed by atoms with E-state index in [4.69, 9.17) is 0 Å². The van der Waals surface area contributed by atoms with Crippen LogP contribution in [-0.4, -0.2) is 10.5 Å². The molecular formula is C28H34F6N3PS2+2. The second kappa shape index (κ2) is 12.7. The fourth-order valence-electron chi connectivity index (χ4n) is 3.59. The molecule has 0 spiro atoms. The van der Waals surface area contributed by atoms with Crippen molar-refractivity contribution in [3.63, 3.8) is 0 Å². The second-order valence-corrected chi connectivity index (χ2v) is 13.7. The third kappa shape index (κ3) is 11.7. The molecule has 0 N–H and O–H groups in total.